The molecule has 0 bridgehead atoms. The lowest BCUT2D eigenvalue weighted by Gasteiger charge is -2.27. The van der Waals surface area contributed by atoms with E-state index in [0.29, 0.717) is 0 Å². The van der Waals surface area contributed by atoms with E-state index in [4.69, 9.17) is 10.5 Å². The zero-order chi connectivity index (χ0) is 10.1. The van der Waals surface area contributed by atoms with Crippen LogP contribution in [-0.2, 0) is 6.42 Å². The second-order valence-electron chi connectivity index (χ2n) is 3.71. The Hall–Kier alpha value is -0.770. The van der Waals surface area contributed by atoms with Crippen LogP contribution in [-0.4, -0.2) is 18.3 Å². The molecular weight excluding hydrogens is 214 g/mol. The van der Waals surface area contributed by atoms with Crippen molar-refractivity contribution in [2.24, 2.45) is 5.73 Å². The molecule has 0 spiro atoms. The van der Waals surface area contributed by atoms with E-state index in [1.54, 1.807) is 7.11 Å². The van der Waals surface area contributed by atoms with Gasteiger partial charge in [-0.25, -0.2) is 0 Å². The highest BCUT2D eigenvalue weighted by atomic mass is 35.5. The quantitative estimate of drug-likeness (QED) is 0.766. The molecule has 1 aliphatic rings. The average molecular weight is 230 g/mol. The molecule has 4 heteroatoms. The van der Waals surface area contributed by atoms with Crippen LogP contribution >= 0.6 is 12.4 Å². The fourth-order valence-corrected chi connectivity index (χ4v) is 1.91. The standard InChI is InChI=1S/C11H15NO2.ClH/c1-14-8-4-2-7-3-5-10(12)11(13)9(7)6-8;/h2,4,6,10-11,13H,3,5,12H2,1H3;1H. The van der Waals surface area contributed by atoms with Gasteiger partial charge in [0.05, 0.1) is 13.2 Å². The maximum absolute atomic E-state index is 9.87. The number of aryl methyl sites for hydroxylation is 1. The van der Waals surface area contributed by atoms with Crippen molar-refractivity contribution in [3.05, 3.63) is 29.3 Å². The van der Waals surface area contributed by atoms with Crippen molar-refractivity contribution >= 4 is 12.4 Å². The molecule has 2 rings (SSSR count). The summed E-state index contributed by atoms with van der Waals surface area (Å²) in [5.74, 6) is 0.775. The van der Waals surface area contributed by atoms with Crippen LogP contribution in [0.15, 0.2) is 18.2 Å². The Morgan fingerprint density at radius 3 is 2.87 bits per heavy atom. The second-order valence-corrected chi connectivity index (χ2v) is 3.71. The molecule has 0 saturated carbocycles. The van der Waals surface area contributed by atoms with Crippen LogP contribution in [0.25, 0.3) is 0 Å². The Morgan fingerprint density at radius 1 is 1.47 bits per heavy atom. The van der Waals surface area contributed by atoms with Gasteiger partial charge in [0.1, 0.15) is 5.75 Å². The molecule has 1 aromatic rings. The summed E-state index contributed by atoms with van der Waals surface area (Å²) < 4.78 is 5.11. The molecule has 15 heavy (non-hydrogen) atoms. The summed E-state index contributed by atoms with van der Waals surface area (Å²) in [6.07, 6.45) is 1.24. The molecule has 84 valence electrons. The molecule has 0 aromatic heterocycles. The van der Waals surface area contributed by atoms with Crippen molar-refractivity contribution in [1.82, 2.24) is 0 Å². The van der Waals surface area contributed by atoms with E-state index in [-0.39, 0.29) is 18.4 Å². The van der Waals surface area contributed by atoms with Crippen LogP contribution in [0.2, 0.25) is 0 Å². The van der Waals surface area contributed by atoms with E-state index < -0.39 is 6.10 Å². The average Bonchev–Trinajstić information content (AvgIpc) is 2.23. The summed E-state index contributed by atoms with van der Waals surface area (Å²) in [4.78, 5) is 0. The van der Waals surface area contributed by atoms with Crippen LogP contribution in [0.4, 0.5) is 0 Å². The first-order valence-corrected chi connectivity index (χ1v) is 4.83. The summed E-state index contributed by atoms with van der Waals surface area (Å²) in [5.41, 5.74) is 7.89. The molecule has 2 unspecified atom stereocenters. The Morgan fingerprint density at radius 2 is 2.20 bits per heavy atom. The van der Waals surface area contributed by atoms with Gasteiger partial charge >= 0.3 is 0 Å². The van der Waals surface area contributed by atoms with Gasteiger partial charge in [0.2, 0.25) is 0 Å². The molecular formula is C11H16ClNO2. The van der Waals surface area contributed by atoms with E-state index in [9.17, 15) is 5.11 Å². The maximum Gasteiger partial charge on any atom is 0.119 e. The highest BCUT2D eigenvalue weighted by molar-refractivity contribution is 5.85. The molecule has 0 fully saturated rings. The third kappa shape index (κ3) is 2.25. The number of hydrogen-bond acceptors (Lipinski definition) is 3. The van der Waals surface area contributed by atoms with E-state index in [1.165, 1.54) is 5.56 Å². The maximum atomic E-state index is 9.87. The second kappa shape index (κ2) is 4.84. The molecule has 0 radical (unpaired) electrons. The van der Waals surface area contributed by atoms with Crippen molar-refractivity contribution in [1.29, 1.82) is 0 Å². The highest BCUT2D eigenvalue weighted by Gasteiger charge is 2.25. The molecule has 2 atom stereocenters. The minimum Gasteiger partial charge on any atom is -0.497 e. The van der Waals surface area contributed by atoms with Crippen LogP contribution in [0.1, 0.15) is 23.7 Å². The number of rotatable bonds is 1. The van der Waals surface area contributed by atoms with Gasteiger partial charge in [-0.2, -0.15) is 0 Å². The molecule has 0 aliphatic heterocycles. The third-order valence-corrected chi connectivity index (χ3v) is 2.82. The van der Waals surface area contributed by atoms with Gasteiger partial charge in [0.25, 0.3) is 0 Å². The Kier molecular flexibility index (Phi) is 3.97. The summed E-state index contributed by atoms with van der Waals surface area (Å²) in [6.45, 7) is 0. The largest absolute Gasteiger partial charge is 0.497 e. The van der Waals surface area contributed by atoms with Gasteiger partial charge in [0.15, 0.2) is 0 Å². The zero-order valence-electron chi connectivity index (χ0n) is 8.64. The number of halogens is 1. The SMILES string of the molecule is COc1ccc2c(c1)C(O)C(N)CC2.Cl. The number of benzene rings is 1. The highest BCUT2D eigenvalue weighted by Crippen LogP contribution is 2.31. The van der Waals surface area contributed by atoms with E-state index in [0.717, 1.165) is 24.2 Å². The molecule has 1 aliphatic carbocycles. The molecule has 3 nitrogen and oxygen atoms in total. The van der Waals surface area contributed by atoms with Crippen molar-refractivity contribution < 1.29 is 9.84 Å². The van der Waals surface area contributed by atoms with Crippen molar-refractivity contribution in [3.63, 3.8) is 0 Å². The van der Waals surface area contributed by atoms with E-state index in [2.05, 4.69) is 0 Å². The lowest BCUT2D eigenvalue weighted by atomic mass is 9.86. The lowest BCUT2D eigenvalue weighted by molar-refractivity contribution is 0.133. The Balaban J connectivity index is 0.00000112. The van der Waals surface area contributed by atoms with Crippen LogP contribution in [0, 0.1) is 0 Å². The minimum absolute atomic E-state index is 0. The first kappa shape index (κ1) is 12.3. The Bertz CT molecular complexity index is 343. The predicted octanol–water partition coefficient (Wildman–Crippen LogP) is 1.42. The summed E-state index contributed by atoms with van der Waals surface area (Å²) >= 11 is 0. The van der Waals surface area contributed by atoms with Gasteiger partial charge < -0.3 is 15.6 Å². The predicted molar refractivity (Wildman–Crippen MR) is 61.5 cm³/mol. The first-order valence-electron chi connectivity index (χ1n) is 4.83. The zero-order valence-corrected chi connectivity index (χ0v) is 9.46. The molecule has 0 amide bonds. The fraction of sp³-hybridized carbons (Fsp3) is 0.455. The number of hydrogen-bond donors (Lipinski definition) is 2. The van der Waals surface area contributed by atoms with Gasteiger partial charge in [0, 0.05) is 6.04 Å². The lowest BCUT2D eigenvalue weighted by Crippen LogP contribution is -2.32. The van der Waals surface area contributed by atoms with Crippen molar-refractivity contribution in [2.45, 2.75) is 25.0 Å². The summed E-state index contributed by atoms with van der Waals surface area (Å²) in [6, 6.07) is 5.65. The molecule has 0 saturated heterocycles. The monoisotopic (exact) mass is 229 g/mol. The number of aliphatic hydroxyl groups is 1. The summed E-state index contributed by atoms with van der Waals surface area (Å²) in [7, 11) is 1.62. The van der Waals surface area contributed by atoms with Gasteiger partial charge in [-0.3, -0.25) is 0 Å². The normalized spacial score (nSPS) is 23.9. The van der Waals surface area contributed by atoms with Gasteiger partial charge in [-0.1, -0.05) is 6.07 Å². The van der Waals surface area contributed by atoms with Crippen LogP contribution in [0.3, 0.4) is 0 Å². The van der Waals surface area contributed by atoms with Crippen LogP contribution in [0.5, 0.6) is 5.75 Å². The Labute approximate surface area is 95.7 Å². The topological polar surface area (TPSA) is 55.5 Å². The van der Waals surface area contributed by atoms with E-state index >= 15 is 0 Å². The van der Waals surface area contributed by atoms with Crippen LogP contribution < -0.4 is 10.5 Å². The van der Waals surface area contributed by atoms with Crippen molar-refractivity contribution in [3.8, 4) is 5.75 Å². The van der Waals surface area contributed by atoms with Gasteiger partial charge in [-0.15, -0.1) is 12.4 Å². The fourth-order valence-electron chi connectivity index (χ4n) is 1.91. The molecule has 1 aromatic carbocycles. The number of nitrogens with two attached hydrogens (primary N) is 1. The third-order valence-electron chi connectivity index (χ3n) is 2.82. The van der Waals surface area contributed by atoms with Crippen molar-refractivity contribution in [2.75, 3.05) is 7.11 Å². The van der Waals surface area contributed by atoms with E-state index in [1.807, 2.05) is 18.2 Å². The minimum atomic E-state index is -0.547. The number of ether oxygens (including phenoxy) is 1. The molecule has 3 N–H and O–H groups in total. The molecule has 0 heterocycles. The number of aliphatic hydroxyl groups excluding tert-OH is 1. The number of fused-ring (bicyclic) bond motifs is 1. The van der Waals surface area contributed by atoms with Gasteiger partial charge in [-0.05, 0) is 36.1 Å². The summed E-state index contributed by atoms with van der Waals surface area (Å²) in [5, 5.41) is 9.87. The smallest absolute Gasteiger partial charge is 0.119 e. The number of methoxy groups -OCH3 is 1. The first-order chi connectivity index (χ1) is 6.72.